The number of fused-ring (bicyclic) bond motifs is 4. The predicted molar refractivity (Wildman–Crippen MR) is 220 cm³/mol. The molecule has 0 bridgehead atoms. The Bertz CT molecular complexity index is 1910. The average molecular weight is 895 g/mol. The fourth-order valence-electron chi connectivity index (χ4n) is 7.68. The van der Waals surface area contributed by atoms with E-state index in [2.05, 4.69) is 26.6 Å². The normalized spacial score (nSPS) is 24.9. The van der Waals surface area contributed by atoms with Crippen molar-refractivity contribution in [1.82, 2.24) is 36.4 Å². The number of methoxy groups -OCH3 is 1. The maximum absolute atomic E-state index is 13.9. The Hall–Kier alpha value is -4.58. The van der Waals surface area contributed by atoms with E-state index in [-0.39, 0.29) is 84.7 Å². The van der Waals surface area contributed by atoms with Crippen molar-refractivity contribution in [3.8, 4) is 0 Å². The van der Waals surface area contributed by atoms with Crippen LogP contribution in [0, 0.1) is 5.92 Å². The molecule has 5 rings (SSSR count). The molecule has 5 aliphatic rings. The van der Waals surface area contributed by atoms with Crippen molar-refractivity contribution in [2.24, 2.45) is 11.7 Å². The van der Waals surface area contributed by atoms with Crippen LogP contribution < -0.4 is 32.3 Å². The standard InChI is InChI=1S/C37H50N8O12S3/c1-18(14-41-26(48)7-10-44-27(49)13-24(34(44)52)58-17-23(35(53)54)42-20(3)46)5-6-25(47)39-8-11-59-60-12-9-40-29-19(2)31(50)30-28(32(29)51)21(16-57-36(38)55)37(56-4)33-22(43-33)15-45(30)37/h14,21-24,33,40,43H,5-13,15-17H2,1-4H3,(H2,38,55)(H,39,47)(H,41,48)(H,42,46)(H,53,54)/b18-14+/t21-,22+,23+,24?,33+,37-/m1/s1. The molecular weight excluding hydrogens is 845 g/mol. The molecule has 4 aliphatic heterocycles. The summed E-state index contributed by atoms with van der Waals surface area (Å²) in [6.45, 7) is 5.49. The van der Waals surface area contributed by atoms with Crippen molar-refractivity contribution >= 4 is 86.5 Å². The van der Waals surface area contributed by atoms with Crippen molar-refractivity contribution in [2.45, 2.75) is 75.6 Å². The van der Waals surface area contributed by atoms with Crippen LogP contribution in [0.1, 0.15) is 46.5 Å². The van der Waals surface area contributed by atoms with Gasteiger partial charge in [0.2, 0.25) is 41.1 Å². The number of hydrogen-bond donors (Lipinski definition) is 7. The minimum Gasteiger partial charge on any atom is -0.480 e. The summed E-state index contributed by atoms with van der Waals surface area (Å²) >= 11 is 0.963. The smallest absolute Gasteiger partial charge is 0.404 e. The Morgan fingerprint density at radius 3 is 2.42 bits per heavy atom. The number of imide groups is 1. The molecule has 20 nitrogen and oxygen atoms in total. The number of thioether (sulfide) groups is 1. The number of carbonyl (C=O) groups excluding carboxylic acids is 8. The Morgan fingerprint density at radius 2 is 1.75 bits per heavy atom. The lowest BCUT2D eigenvalue weighted by Gasteiger charge is -2.39. The number of carboxylic acid groups (broad SMARTS) is 1. The Kier molecular flexibility index (Phi) is 15.7. The highest BCUT2D eigenvalue weighted by Gasteiger charge is 2.72. The third kappa shape index (κ3) is 10.5. The van der Waals surface area contributed by atoms with Crippen LogP contribution in [0.4, 0.5) is 4.79 Å². The number of allylic oxidation sites excluding steroid dienone is 3. The third-order valence-electron chi connectivity index (χ3n) is 10.6. The second-order valence-electron chi connectivity index (χ2n) is 14.7. The van der Waals surface area contributed by atoms with Crippen LogP contribution in [0.5, 0.6) is 0 Å². The number of aliphatic carboxylic acids is 1. The number of piperazine rings is 1. The molecule has 1 aliphatic carbocycles. The minimum atomic E-state index is -1.26. The molecular formula is C37H50N8O12S3. The van der Waals surface area contributed by atoms with Crippen molar-refractivity contribution in [2.75, 3.05) is 57.2 Å². The number of carboxylic acids is 1. The number of nitrogens with two attached hydrogens (primary N) is 1. The minimum absolute atomic E-state index is 0.0958. The van der Waals surface area contributed by atoms with E-state index in [1.807, 2.05) is 4.90 Å². The van der Waals surface area contributed by atoms with Gasteiger partial charge in [-0.3, -0.25) is 38.5 Å². The molecule has 3 saturated heterocycles. The Balaban J connectivity index is 0.943. The van der Waals surface area contributed by atoms with Gasteiger partial charge in [-0.2, -0.15) is 0 Å². The number of primary amides is 1. The predicted octanol–water partition coefficient (Wildman–Crippen LogP) is -0.882. The molecule has 328 valence electrons. The summed E-state index contributed by atoms with van der Waals surface area (Å²) in [6.07, 6.45) is 0.785. The largest absolute Gasteiger partial charge is 0.480 e. The van der Waals surface area contributed by atoms with Crippen molar-refractivity contribution in [3.63, 3.8) is 0 Å². The van der Waals surface area contributed by atoms with Crippen LogP contribution in [-0.4, -0.2) is 154 Å². The lowest BCUT2D eigenvalue weighted by Crippen LogP contribution is -2.55. The van der Waals surface area contributed by atoms with E-state index in [1.54, 1.807) is 13.8 Å². The zero-order valence-electron chi connectivity index (χ0n) is 33.6. The molecule has 23 heteroatoms. The number of nitrogens with zero attached hydrogens (tertiary/aromatic N) is 2. The third-order valence-corrected chi connectivity index (χ3v) is 14.3. The van der Waals surface area contributed by atoms with Gasteiger partial charge < -0.3 is 51.8 Å². The fourth-order valence-corrected chi connectivity index (χ4v) is 10.7. The van der Waals surface area contributed by atoms with E-state index in [4.69, 9.17) is 15.2 Å². The molecule has 6 atom stereocenters. The number of rotatable bonds is 23. The summed E-state index contributed by atoms with van der Waals surface area (Å²) in [4.78, 5) is 114. The molecule has 8 N–H and O–H groups in total. The maximum atomic E-state index is 13.9. The van der Waals surface area contributed by atoms with Gasteiger partial charge in [0, 0.05) is 100 Å². The molecule has 4 heterocycles. The second kappa shape index (κ2) is 20.3. The van der Waals surface area contributed by atoms with E-state index in [1.165, 1.54) is 41.8 Å². The van der Waals surface area contributed by atoms with Gasteiger partial charge >= 0.3 is 12.1 Å². The van der Waals surface area contributed by atoms with Crippen LogP contribution in [-0.2, 0) is 47.8 Å². The van der Waals surface area contributed by atoms with Gasteiger partial charge in [-0.15, -0.1) is 11.8 Å². The number of nitrogens with one attached hydrogen (secondary N) is 5. The number of hydrogen-bond acceptors (Lipinski definition) is 17. The number of likely N-dealkylation sites (tertiary alicyclic amines) is 1. The van der Waals surface area contributed by atoms with E-state index in [0.717, 1.165) is 22.2 Å². The molecule has 6 amide bonds. The monoisotopic (exact) mass is 894 g/mol. The van der Waals surface area contributed by atoms with Crippen LogP contribution in [0.15, 0.2) is 34.3 Å². The van der Waals surface area contributed by atoms with Crippen LogP contribution in [0.3, 0.4) is 0 Å². The lowest BCUT2D eigenvalue weighted by atomic mass is 9.82. The summed E-state index contributed by atoms with van der Waals surface area (Å²) in [5.74, 6) is -3.60. The Morgan fingerprint density at radius 1 is 1.03 bits per heavy atom. The van der Waals surface area contributed by atoms with Gasteiger partial charge in [0.25, 0.3) is 0 Å². The van der Waals surface area contributed by atoms with E-state index in [9.17, 15) is 48.3 Å². The van der Waals surface area contributed by atoms with Crippen molar-refractivity contribution in [3.05, 3.63) is 34.3 Å². The van der Waals surface area contributed by atoms with E-state index in [0.29, 0.717) is 43.1 Å². The summed E-state index contributed by atoms with van der Waals surface area (Å²) in [7, 11) is 4.59. The molecule has 0 aromatic carbocycles. The maximum Gasteiger partial charge on any atom is 0.404 e. The van der Waals surface area contributed by atoms with Gasteiger partial charge in [0.05, 0.1) is 28.6 Å². The summed E-state index contributed by atoms with van der Waals surface area (Å²) in [6, 6.07) is -1.24. The molecule has 0 aromatic rings. The fraction of sp³-hybridized carbons (Fsp3) is 0.595. The summed E-state index contributed by atoms with van der Waals surface area (Å²) in [5, 5.41) is 22.7. The van der Waals surface area contributed by atoms with Crippen LogP contribution in [0.25, 0.3) is 0 Å². The Labute approximate surface area is 358 Å². The number of amides is 6. The molecule has 3 fully saturated rings. The van der Waals surface area contributed by atoms with E-state index < -0.39 is 58.6 Å². The average Bonchev–Trinajstić information content (AvgIpc) is 3.71. The molecule has 0 spiro atoms. The first-order valence-electron chi connectivity index (χ1n) is 19.2. The molecule has 60 heavy (non-hydrogen) atoms. The highest BCUT2D eigenvalue weighted by molar-refractivity contribution is 8.76. The van der Waals surface area contributed by atoms with Gasteiger partial charge in [-0.1, -0.05) is 27.2 Å². The number of ether oxygens (including phenoxy) is 2. The summed E-state index contributed by atoms with van der Waals surface area (Å²) < 4.78 is 11.2. The highest BCUT2D eigenvalue weighted by Crippen LogP contribution is 2.55. The number of carbonyl (C=O) groups is 9. The van der Waals surface area contributed by atoms with E-state index >= 15 is 0 Å². The first-order chi connectivity index (χ1) is 28.5. The summed E-state index contributed by atoms with van der Waals surface area (Å²) in [5.41, 5.74) is 6.00. The van der Waals surface area contributed by atoms with Gasteiger partial charge in [0.1, 0.15) is 12.6 Å². The number of Topliss-reactive ketones (excluding diaryl/α,β-unsaturated/α-hetero) is 2. The first-order valence-corrected chi connectivity index (χ1v) is 22.8. The lowest BCUT2D eigenvalue weighted by molar-refractivity contribution is -0.141. The SMILES string of the molecule is CO[C@@]12[C@H](COC(N)=O)C3=C(C(=O)C(C)=C(NCCSSCCNC(=O)CC/C(C)=C/NC(=O)CCN4C(=O)CC(SC[C@H](NC(C)=O)C(=O)O)C4=O)C3=O)N1C[C@@H]1N[C@@H]12. The molecule has 0 aromatic heterocycles. The molecule has 0 radical (unpaired) electrons. The highest BCUT2D eigenvalue weighted by atomic mass is 33.1. The zero-order valence-corrected chi connectivity index (χ0v) is 36.0. The van der Waals surface area contributed by atoms with Crippen LogP contribution >= 0.6 is 33.3 Å². The van der Waals surface area contributed by atoms with Gasteiger partial charge in [0.15, 0.2) is 5.72 Å². The van der Waals surface area contributed by atoms with Crippen molar-refractivity contribution in [1.29, 1.82) is 0 Å². The zero-order chi connectivity index (χ0) is 43.9. The van der Waals surface area contributed by atoms with Crippen molar-refractivity contribution < 1.29 is 57.7 Å². The quantitative estimate of drug-likeness (QED) is 0.0215. The number of ketones is 2. The van der Waals surface area contributed by atoms with Gasteiger partial charge in [-0.05, 0) is 20.3 Å². The molecule has 0 saturated carbocycles. The van der Waals surface area contributed by atoms with Crippen LogP contribution in [0.2, 0.25) is 0 Å². The topological polar surface area (TPSA) is 295 Å². The first kappa shape index (κ1) is 46.5. The molecule has 1 unspecified atom stereocenters. The second-order valence-corrected chi connectivity index (χ2v) is 18.6. The van der Waals surface area contributed by atoms with Gasteiger partial charge in [-0.25, -0.2) is 9.59 Å².